The lowest BCUT2D eigenvalue weighted by atomic mass is 9.87. The third-order valence-corrected chi connectivity index (χ3v) is 5.10. The molecule has 1 atom stereocenters. The molecular weight excluding hydrogens is 408 g/mol. The molecule has 0 saturated carbocycles. The van der Waals surface area contributed by atoms with Gasteiger partial charge in [0.2, 0.25) is 0 Å². The minimum Gasteiger partial charge on any atom is -0.444 e. The highest BCUT2D eigenvalue weighted by molar-refractivity contribution is 6.30. The second-order valence-corrected chi connectivity index (χ2v) is 8.35. The first-order valence-electron chi connectivity index (χ1n) is 10.5. The number of nitrogens with zero attached hydrogens (tertiary/aromatic N) is 1. The molecule has 0 aliphatic rings. The number of ether oxygens (including phenoxy) is 1. The third-order valence-electron chi connectivity index (χ3n) is 4.85. The summed E-state index contributed by atoms with van der Waals surface area (Å²) >= 11 is 6.07. The topological polar surface area (TPSA) is 43.3 Å². The average molecular weight is 439 g/mol. The summed E-state index contributed by atoms with van der Waals surface area (Å²) in [5.74, 6) is 2.99. The van der Waals surface area contributed by atoms with E-state index in [4.69, 9.17) is 22.8 Å². The molecule has 1 unspecified atom stereocenters. The van der Waals surface area contributed by atoms with Crippen LogP contribution >= 0.6 is 11.6 Å². The maximum atomic E-state index is 12.3. The molecule has 31 heavy (non-hydrogen) atoms. The number of carbonyl (C=O) groups excluding carboxylic acids is 1. The number of hydrogen-bond acceptors (Lipinski definition) is 2. The van der Waals surface area contributed by atoms with E-state index < -0.39 is 17.2 Å². The fraction of sp³-hybridized carbons (Fsp3) is 0.346. The molecule has 0 saturated heterocycles. The molecule has 3 rings (SSSR count). The van der Waals surface area contributed by atoms with Crippen LogP contribution in [0.1, 0.15) is 53.5 Å². The predicted octanol–water partition coefficient (Wildman–Crippen LogP) is 7.45. The Morgan fingerprint density at radius 2 is 1.77 bits per heavy atom. The average Bonchev–Trinajstić information content (AvgIpc) is 3.16. The summed E-state index contributed by atoms with van der Waals surface area (Å²) in [6.45, 7) is 11.6. The first-order chi connectivity index (χ1) is 14.7. The van der Waals surface area contributed by atoms with Gasteiger partial charge in [-0.05, 0) is 63.1 Å². The number of anilines is 1. The smallest absolute Gasteiger partial charge is 0.412 e. The molecule has 0 spiro atoms. The number of hydrogen-bond donors (Lipinski definition) is 1. The van der Waals surface area contributed by atoms with Crippen LogP contribution in [-0.4, -0.2) is 16.3 Å². The van der Waals surface area contributed by atoms with E-state index in [-0.39, 0.29) is 0 Å². The first kappa shape index (κ1) is 24.4. The summed E-state index contributed by atoms with van der Waals surface area (Å²) < 4.78 is 7.46. The number of aromatic nitrogens is 1. The summed E-state index contributed by atoms with van der Waals surface area (Å²) in [5, 5.41) is 4.40. The molecule has 5 heteroatoms. The van der Waals surface area contributed by atoms with Gasteiger partial charge in [0.05, 0.1) is 11.2 Å². The van der Waals surface area contributed by atoms with Gasteiger partial charge in [-0.2, -0.15) is 0 Å². The van der Waals surface area contributed by atoms with Crippen LogP contribution < -0.4 is 5.32 Å². The summed E-state index contributed by atoms with van der Waals surface area (Å²) in [6, 6.07) is 15.3. The van der Waals surface area contributed by atoms with Crippen LogP contribution in [0.4, 0.5) is 10.5 Å². The van der Waals surface area contributed by atoms with Crippen molar-refractivity contribution in [2.75, 3.05) is 5.32 Å². The van der Waals surface area contributed by atoms with Crippen LogP contribution in [0.5, 0.6) is 0 Å². The molecule has 4 nitrogen and oxygen atoms in total. The quantitative estimate of drug-likeness (QED) is 0.429. The molecule has 1 heterocycles. The molecule has 0 radical (unpaired) electrons. The van der Waals surface area contributed by atoms with E-state index in [2.05, 4.69) is 22.7 Å². The fourth-order valence-electron chi connectivity index (χ4n) is 3.52. The van der Waals surface area contributed by atoms with Gasteiger partial charge >= 0.3 is 6.09 Å². The van der Waals surface area contributed by atoms with Gasteiger partial charge < -0.3 is 9.30 Å². The van der Waals surface area contributed by atoms with Crippen molar-refractivity contribution < 1.29 is 9.53 Å². The zero-order valence-corrected chi connectivity index (χ0v) is 19.9. The number of nitrogens with one attached hydrogen (secondary N) is 1. The van der Waals surface area contributed by atoms with Gasteiger partial charge in [0.1, 0.15) is 11.1 Å². The molecular formula is C26H31ClN2O2. The van der Waals surface area contributed by atoms with Crippen LogP contribution in [0.25, 0.3) is 10.9 Å². The number of amides is 1. The van der Waals surface area contributed by atoms with E-state index >= 15 is 0 Å². The lowest BCUT2D eigenvalue weighted by Gasteiger charge is -2.31. The number of halogens is 1. The normalized spacial score (nSPS) is 12.8. The van der Waals surface area contributed by atoms with E-state index in [0.29, 0.717) is 17.1 Å². The van der Waals surface area contributed by atoms with Gasteiger partial charge in [0.15, 0.2) is 0 Å². The number of carbonyl (C=O) groups is 1. The van der Waals surface area contributed by atoms with Gasteiger partial charge in [0, 0.05) is 16.6 Å². The summed E-state index contributed by atoms with van der Waals surface area (Å²) in [6.07, 6.45) is 8.23. The minimum atomic E-state index is -0.670. The molecule has 164 valence electrons. The van der Waals surface area contributed by atoms with Crippen LogP contribution in [0, 0.1) is 12.3 Å². The third kappa shape index (κ3) is 5.24. The van der Waals surface area contributed by atoms with Crippen molar-refractivity contribution in [1.82, 2.24) is 4.57 Å². The van der Waals surface area contributed by atoms with Crippen molar-refractivity contribution in [2.45, 2.75) is 59.1 Å². The van der Waals surface area contributed by atoms with Gasteiger partial charge in [-0.15, -0.1) is 6.42 Å². The number of terminal acetylenes is 1. The van der Waals surface area contributed by atoms with Crippen molar-refractivity contribution in [2.24, 2.45) is 0 Å². The zero-order valence-electron chi connectivity index (χ0n) is 19.1. The van der Waals surface area contributed by atoms with Gasteiger partial charge in [-0.25, -0.2) is 4.79 Å². The Labute approximate surface area is 190 Å². The highest BCUT2D eigenvalue weighted by atomic mass is 35.5. The molecule has 1 aromatic heterocycles. The van der Waals surface area contributed by atoms with Crippen LogP contribution in [0.3, 0.4) is 0 Å². The Morgan fingerprint density at radius 1 is 1.13 bits per heavy atom. The standard InChI is InChI=1S/C24H25ClN2O2.C2H6/c1-6-24(7-2,17-11-13-18(25)14-12-17)27-16-15-19-20(9-8-10-21(19)27)26-22(28)29-23(3,4)5;1-2/h1,8-16H,7H2,2-5H3,(H,26,28);1-2H3. The highest BCUT2D eigenvalue weighted by Crippen LogP contribution is 2.36. The van der Waals surface area contributed by atoms with Gasteiger partial charge in [-0.1, -0.05) is 56.5 Å². The molecule has 0 fully saturated rings. The van der Waals surface area contributed by atoms with Crippen molar-refractivity contribution in [3.05, 3.63) is 65.3 Å². The second kappa shape index (κ2) is 9.94. The van der Waals surface area contributed by atoms with E-state index in [1.807, 2.05) is 89.3 Å². The van der Waals surface area contributed by atoms with Crippen molar-refractivity contribution in [3.8, 4) is 12.3 Å². The van der Waals surface area contributed by atoms with Crippen molar-refractivity contribution in [3.63, 3.8) is 0 Å². The van der Waals surface area contributed by atoms with Crippen molar-refractivity contribution in [1.29, 1.82) is 0 Å². The van der Waals surface area contributed by atoms with Gasteiger partial charge in [0.25, 0.3) is 0 Å². The Morgan fingerprint density at radius 3 is 2.32 bits per heavy atom. The number of fused-ring (bicyclic) bond motifs is 1. The predicted molar refractivity (Wildman–Crippen MR) is 131 cm³/mol. The summed E-state index contributed by atoms with van der Waals surface area (Å²) in [7, 11) is 0. The second-order valence-electron chi connectivity index (χ2n) is 7.92. The molecule has 2 aromatic carbocycles. The Kier molecular flexibility index (Phi) is 7.81. The Hall–Kier alpha value is -2.90. The number of rotatable bonds is 4. The van der Waals surface area contributed by atoms with Crippen molar-refractivity contribution >= 4 is 34.3 Å². The van der Waals surface area contributed by atoms with E-state index in [1.165, 1.54) is 0 Å². The molecule has 3 aromatic rings. The lowest BCUT2D eigenvalue weighted by Crippen LogP contribution is -2.32. The Bertz CT molecular complexity index is 1070. The maximum Gasteiger partial charge on any atom is 0.412 e. The first-order valence-corrected chi connectivity index (χ1v) is 10.9. The van der Waals surface area contributed by atoms with Crippen LogP contribution in [0.15, 0.2) is 54.7 Å². The lowest BCUT2D eigenvalue weighted by molar-refractivity contribution is 0.0636. The van der Waals surface area contributed by atoms with Crippen LogP contribution in [-0.2, 0) is 10.3 Å². The molecule has 1 N–H and O–H groups in total. The molecule has 0 bridgehead atoms. The zero-order chi connectivity index (χ0) is 23.2. The van der Waals surface area contributed by atoms with E-state index in [9.17, 15) is 4.79 Å². The minimum absolute atomic E-state index is 0.492. The van der Waals surface area contributed by atoms with Crippen LogP contribution in [0.2, 0.25) is 5.02 Å². The molecule has 1 amide bonds. The Balaban J connectivity index is 0.00000166. The maximum absolute atomic E-state index is 12.3. The molecule has 0 aliphatic heterocycles. The highest BCUT2D eigenvalue weighted by Gasteiger charge is 2.31. The van der Waals surface area contributed by atoms with E-state index in [0.717, 1.165) is 16.5 Å². The molecule has 0 aliphatic carbocycles. The van der Waals surface area contributed by atoms with Gasteiger partial charge in [-0.3, -0.25) is 5.32 Å². The largest absolute Gasteiger partial charge is 0.444 e. The monoisotopic (exact) mass is 438 g/mol. The van der Waals surface area contributed by atoms with E-state index in [1.54, 1.807) is 0 Å². The fourth-order valence-corrected chi connectivity index (χ4v) is 3.64. The number of benzene rings is 2. The SMILES string of the molecule is C#CC(CC)(c1ccc(Cl)cc1)n1ccc2c(NC(=O)OC(C)(C)C)cccc21.CC. The summed E-state index contributed by atoms with van der Waals surface area (Å²) in [4.78, 5) is 12.3. The summed E-state index contributed by atoms with van der Waals surface area (Å²) in [5.41, 5.74) is 1.34.